The molecule has 0 fully saturated rings. The number of hydrogen-bond acceptors (Lipinski definition) is 3. The molecule has 94 valence electrons. The highest BCUT2D eigenvalue weighted by Gasteiger charge is 2.10. The zero-order chi connectivity index (χ0) is 12.8. The number of anilines is 1. The molecule has 1 N–H and O–H groups in total. The minimum Gasteiger partial charge on any atom is -0.478 e. The third-order valence-electron chi connectivity index (χ3n) is 2.47. The van der Waals surface area contributed by atoms with Crippen LogP contribution in [0.1, 0.15) is 16.8 Å². The maximum Gasteiger partial charge on any atom is 0.336 e. The lowest BCUT2D eigenvalue weighted by atomic mass is 10.2. The molecule has 0 aliphatic carbocycles. The molecule has 0 aliphatic rings. The molecule has 1 rings (SSSR count). The fourth-order valence-corrected chi connectivity index (χ4v) is 2.03. The van der Waals surface area contributed by atoms with Gasteiger partial charge in [0, 0.05) is 37.5 Å². The van der Waals surface area contributed by atoms with Crippen LogP contribution >= 0.6 is 15.9 Å². The van der Waals surface area contributed by atoms with Crippen molar-refractivity contribution in [3.63, 3.8) is 0 Å². The van der Waals surface area contributed by atoms with Crippen LogP contribution in [0.3, 0.4) is 0 Å². The summed E-state index contributed by atoms with van der Waals surface area (Å²) < 4.78 is 5.59. The molecular weight excluding hydrogens is 286 g/mol. The van der Waals surface area contributed by atoms with E-state index in [1.165, 1.54) is 0 Å². The van der Waals surface area contributed by atoms with Crippen LogP contribution in [0.25, 0.3) is 0 Å². The van der Waals surface area contributed by atoms with E-state index < -0.39 is 5.97 Å². The van der Waals surface area contributed by atoms with E-state index in [-0.39, 0.29) is 5.56 Å². The Hall–Kier alpha value is -1.07. The lowest BCUT2D eigenvalue weighted by Gasteiger charge is -2.19. The normalized spacial score (nSPS) is 10.3. The minimum atomic E-state index is -0.925. The average Bonchev–Trinajstić information content (AvgIpc) is 2.28. The van der Waals surface area contributed by atoms with E-state index in [0.29, 0.717) is 4.47 Å². The minimum absolute atomic E-state index is 0.277. The van der Waals surface area contributed by atoms with Crippen molar-refractivity contribution in [2.75, 3.05) is 32.2 Å². The maximum atomic E-state index is 10.9. The van der Waals surface area contributed by atoms with E-state index in [9.17, 15) is 4.79 Å². The molecule has 0 aromatic heterocycles. The molecule has 1 aromatic rings. The van der Waals surface area contributed by atoms with Gasteiger partial charge in [0.25, 0.3) is 0 Å². The summed E-state index contributed by atoms with van der Waals surface area (Å²) in [5.74, 6) is -0.925. The molecule has 0 aliphatic heterocycles. The first-order valence-corrected chi connectivity index (χ1v) is 6.08. The molecule has 0 spiro atoms. The van der Waals surface area contributed by atoms with Crippen LogP contribution in [0.15, 0.2) is 22.7 Å². The smallest absolute Gasteiger partial charge is 0.336 e. The van der Waals surface area contributed by atoms with Crippen molar-refractivity contribution in [3.05, 3.63) is 28.2 Å². The third kappa shape index (κ3) is 4.02. The fraction of sp³-hybridized carbons (Fsp3) is 0.417. The summed E-state index contributed by atoms with van der Waals surface area (Å²) in [5, 5.41) is 8.91. The van der Waals surface area contributed by atoms with Gasteiger partial charge in [-0.3, -0.25) is 0 Å². The molecule has 4 nitrogen and oxygen atoms in total. The first kappa shape index (κ1) is 14.0. The highest BCUT2D eigenvalue weighted by atomic mass is 79.9. The van der Waals surface area contributed by atoms with Gasteiger partial charge < -0.3 is 14.7 Å². The van der Waals surface area contributed by atoms with Gasteiger partial charge in [0.05, 0.1) is 5.56 Å². The predicted molar refractivity (Wildman–Crippen MR) is 70.9 cm³/mol. The van der Waals surface area contributed by atoms with E-state index >= 15 is 0 Å². The first-order valence-electron chi connectivity index (χ1n) is 5.29. The Morgan fingerprint density at radius 2 is 2.24 bits per heavy atom. The van der Waals surface area contributed by atoms with E-state index in [1.54, 1.807) is 19.2 Å². The van der Waals surface area contributed by atoms with Crippen molar-refractivity contribution >= 4 is 27.6 Å². The van der Waals surface area contributed by atoms with E-state index in [4.69, 9.17) is 9.84 Å². The second kappa shape index (κ2) is 6.61. The van der Waals surface area contributed by atoms with Gasteiger partial charge in [0.1, 0.15) is 0 Å². The van der Waals surface area contributed by atoms with Crippen LogP contribution in [0, 0.1) is 0 Å². The second-order valence-electron chi connectivity index (χ2n) is 3.74. The zero-order valence-electron chi connectivity index (χ0n) is 9.94. The predicted octanol–water partition coefficient (Wildman–Crippen LogP) is 2.62. The number of hydrogen-bond donors (Lipinski definition) is 1. The molecule has 0 heterocycles. The van der Waals surface area contributed by atoms with Crippen molar-refractivity contribution in [2.24, 2.45) is 0 Å². The molecule has 1 aromatic carbocycles. The van der Waals surface area contributed by atoms with Gasteiger partial charge in [-0.15, -0.1) is 0 Å². The summed E-state index contributed by atoms with van der Waals surface area (Å²) in [6.45, 7) is 1.59. The molecule has 0 radical (unpaired) electrons. The number of nitrogens with zero attached hydrogens (tertiary/aromatic N) is 1. The van der Waals surface area contributed by atoms with Crippen LogP contribution in [0.4, 0.5) is 5.69 Å². The van der Waals surface area contributed by atoms with Crippen molar-refractivity contribution in [1.82, 2.24) is 0 Å². The van der Waals surface area contributed by atoms with Crippen molar-refractivity contribution in [1.29, 1.82) is 0 Å². The number of carboxylic acid groups (broad SMARTS) is 1. The highest BCUT2D eigenvalue weighted by molar-refractivity contribution is 9.10. The summed E-state index contributed by atoms with van der Waals surface area (Å²) >= 11 is 3.27. The van der Waals surface area contributed by atoms with Gasteiger partial charge in [-0.25, -0.2) is 4.79 Å². The number of carboxylic acids is 1. The van der Waals surface area contributed by atoms with Crippen LogP contribution in [0.5, 0.6) is 0 Å². The first-order chi connectivity index (χ1) is 8.06. The Kier molecular flexibility index (Phi) is 5.44. The number of aromatic carboxylic acids is 1. The Morgan fingerprint density at radius 3 is 2.76 bits per heavy atom. The van der Waals surface area contributed by atoms with Crippen LogP contribution in [-0.4, -0.2) is 38.4 Å². The maximum absolute atomic E-state index is 10.9. The Bertz CT molecular complexity index is 395. The fourth-order valence-electron chi connectivity index (χ4n) is 1.49. The molecule has 0 saturated carbocycles. The molecule has 0 amide bonds. The number of methoxy groups -OCH3 is 1. The molecule has 0 bridgehead atoms. The zero-order valence-corrected chi connectivity index (χ0v) is 11.5. The molecule has 0 saturated heterocycles. The average molecular weight is 302 g/mol. The lowest BCUT2D eigenvalue weighted by Crippen LogP contribution is -2.19. The van der Waals surface area contributed by atoms with Gasteiger partial charge in [0.15, 0.2) is 0 Å². The summed E-state index contributed by atoms with van der Waals surface area (Å²) in [5.41, 5.74) is 1.26. The van der Waals surface area contributed by atoms with Crippen LogP contribution in [0.2, 0.25) is 0 Å². The highest BCUT2D eigenvalue weighted by Crippen LogP contribution is 2.23. The SMILES string of the molecule is COCCCN(C)c1ccc(C(=O)O)c(Br)c1. The number of halogens is 1. The molecule has 0 atom stereocenters. The van der Waals surface area contributed by atoms with Gasteiger partial charge in [0.2, 0.25) is 0 Å². The third-order valence-corrected chi connectivity index (χ3v) is 3.12. The van der Waals surface area contributed by atoms with E-state index in [0.717, 1.165) is 25.3 Å². The van der Waals surface area contributed by atoms with Crippen LogP contribution in [-0.2, 0) is 4.74 Å². The monoisotopic (exact) mass is 301 g/mol. The number of carbonyl (C=O) groups is 1. The Morgan fingerprint density at radius 1 is 1.53 bits per heavy atom. The van der Waals surface area contributed by atoms with Crippen molar-refractivity contribution in [2.45, 2.75) is 6.42 Å². The summed E-state index contributed by atoms with van der Waals surface area (Å²) in [7, 11) is 3.65. The standard InChI is InChI=1S/C12H16BrNO3/c1-14(6-3-7-17-2)9-4-5-10(12(15)16)11(13)8-9/h4-5,8H,3,6-7H2,1-2H3,(H,15,16). The summed E-state index contributed by atoms with van der Waals surface area (Å²) in [4.78, 5) is 12.9. The Labute approximate surface area is 109 Å². The second-order valence-corrected chi connectivity index (χ2v) is 4.59. The van der Waals surface area contributed by atoms with Crippen molar-refractivity contribution in [3.8, 4) is 0 Å². The van der Waals surface area contributed by atoms with Gasteiger partial charge in [-0.2, -0.15) is 0 Å². The van der Waals surface area contributed by atoms with Gasteiger partial charge in [-0.1, -0.05) is 0 Å². The topological polar surface area (TPSA) is 49.8 Å². The van der Waals surface area contributed by atoms with Crippen molar-refractivity contribution < 1.29 is 14.6 Å². The van der Waals surface area contributed by atoms with Gasteiger partial charge in [-0.05, 0) is 40.5 Å². The van der Waals surface area contributed by atoms with E-state index in [1.807, 2.05) is 13.1 Å². The Balaban J connectivity index is 2.72. The quantitative estimate of drug-likeness (QED) is 0.821. The number of rotatable bonds is 6. The molecular formula is C12H16BrNO3. The molecule has 17 heavy (non-hydrogen) atoms. The lowest BCUT2D eigenvalue weighted by molar-refractivity contribution is 0.0696. The molecule has 0 unspecified atom stereocenters. The summed E-state index contributed by atoms with van der Waals surface area (Å²) in [6.07, 6.45) is 0.936. The van der Waals surface area contributed by atoms with Gasteiger partial charge >= 0.3 is 5.97 Å². The number of benzene rings is 1. The van der Waals surface area contributed by atoms with E-state index in [2.05, 4.69) is 20.8 Å². The molecule has 5 heteroatoms. The number of ether oxygens (including phenoxy) is 1. The summed E-state index contributed by atoms with van der Waals surface area (Å²) in [6, 6.07) is 5.23. The van der Waals surface area contributed by atoms with Crippen LogP contribution < -0.4 is 4.90 Å². The largest absolute Gasteiger partial charge is 0.478 e.